The second-order valence-corrected chi connectivity index (χ2v) is 6.77. The van der Waals surface area contributed by atoms with Crippen LogP contribution in [-0.4, -0.2) is 24.0 Å². The molecule has 1 amide bonds. The molecule has 8 heteroatoms. The number of nitrogens with one attached hydrogen (secondary N) is 3. The Kier molecular flexibility index (Phi) is 9.88. The van der Waals surface area contributed by atoms with Gasteiger partial charge in [-0.2, -0.15) is 0 Å². The van der Waals surface area contributed by atoms with E-state index < -0.39 is 0 Å². The van der Waals surface area contributed by atoms with Crippen molar-refractivity contribution in [1.82, 2.24) is 15.6 Å². The molecular weight excluding hydrogens is 407 g/mol. The van der Waals surface area contributed by atoms with Gasteiger partial charge in [0.1, 0.15) is 5.82 Å². The Morgan fingerprint density at radius 1 is 1.22 bits per heavy atom. The number of anilines is 2. The van der Waals surface area contributed by atoms with E-state index in [2.05, 4.69) is 27.0 Å². The molecule has 2 aromatic rings. The van der Waals surface area contributed by atoms with Crippen LogP contribution < -0.4 is 16.0 Å². The minimum absolute atomic E-state index is 0. The molecule has 3 N–H and O–H groups in total. The predicted molar refractivity (Wildman–Crippen MR) is 116 cm³/mol. The molecule has 1 saturated carbocycles. The average Bonchev–Trinajstić information content (AvgIpc) is 3.40. The fourth-order valence-electron chi connectivity index (χ4n) is 2.75. The molecular formula is C19H25Cl3N4O. The molecule has 1 aliphatic carbocycles. The molecule has 0 bridgehead atoms. The molecule has 0 radical (unpaired) electrons. The first kappa shape index (κ1) is 23.5. The molecule has 148 valence electrons. The van der Waals surface area contributed by atoms with E-state index in [1.807, 2.05) is 30.5 Å². The first-order valence-corrected chi connectivity index (χ1v) is 8.96. The van der Waals surface area contributed by atoms with Crippen LogP contribution in [0.2, 0.25) is 5.02 Å². The molecule has 3 rings (SSSR count). The van der Waals surface area contributed by atoms with Gasteiger partial charge in [-0.05, 0) is 54.2 Å². The monoisotopic (exact) mass is 430 g/mol. The number of halogens is 3. The van der Waals surface area contributed by atoms with Crippen LogP contribution in [0.15, 0.2) is 36.5 Å². The molecule has 0 spiro atoms. The van der Waals surface area contributed by atoms with E-state index in [1.54, 1.807) is 0 Å². The lowest BCUT2D eigenvalue weighted by Crippen LogP contribution is -2.30. The van der Waals surface area contributed by atoms with Gasteiger partial charge in [-0.25, -0.2) is 4.98 Å². The number of hydrogen-bond acceptors (Lipinski definition) is 4. The molecule has 1 fully saturated rings. The third-order valence-electron chi connectivity index (χ3n) is 4.13. The number of pyridine rings is 1. The van der Waals surface area contributed by atoms with Crippen molar-refractivity contribution in [3.63, 3.8) is 0 Å². The van der Waals surface area contributed by atoms with Gasteiger partial charge in [-0.15, -0.1) is 24.8 Å². The second-order valence-electron chi connectivity index (χ2n) is 6.34. The molecule has 1 aromatic carbocycles. The van der Waals surface area contributed by atoms with Crippen molar-refractivity contribution in [3.05, 3.63) is 52.7 Å². The van der Waals surface area contributed by atoms with Crippen LogP contribution in [0.1, 0.15) is 36.8 Å². The first-order chi connectivity index (χ1) is 12.1. The number of aromatic nitrogens is 1. The lowest BCUT2D eigenvalue weighted by Gasteiger charge is -2.13. The van der Waals surface area contributed by atoms with E-state index in [0.29, 0.717) is 17.5 Å². The van der Waals surface area contributed by atoms with Gasteiger partial charge in [0.25, 0.3) is 0 Å². The SMILES string of the molecule is CC(=O)NCCNCc1cnc(Nc2cccc(Cl)c2)cc1C1CC1.Cl.Cl. The van der Waals surface area contributed by atoms with Crippen LogP contribution >= 0.6 is 36.4 Å². The number of carbonyl (C=O) groups is 1. The molecule has 0 unspecified atom stereocenters. The van der Waals surface area contributed by atoms with Crippen molar-refractivity contribution in [2.24, 2.45) is 0 Å². The van der Waals surface area contributed by atoms with Gasteiger partial charge in [-0.3, -0.25) is 4.79 Å². The van der Waals surface area contributed by atoms with Crippen LogP contribution in [-0.2, 0) is 11.3 Å². The zero-order valence-corrected chi connectivity index (χ0v) is 17.5. The van der Waals surface area contributed by atoms with Crippen LogP contribution in [0.5, 0.6) is 0 Å². The number of benzene rings is 1. The summed E-state index contributed by atoms with van der Waals surface area (Å²) < 4.78 is 0. The molecule has 1 aromatic heterocycles. The van der Waals surface area contributed by atoms with Gasteiger partial charge >= 0.3 is 0 Å². The Hall–Kier alpha value is -1.53. The smallest absolute Gasteiger partial charge is 0.216 e. The molecule has 0 aliphatic heterocycles. The summed E-state index contributed by atoms with van der Waals surface area (Å²) in [4.78, 5) is 15.4. The molecule has 1 heterocycles. The van der Waals surface area contributed by atoms with Crippen molar-refractivity contribution < 1.29 is 4.79 Å². The highest BCUT2D eigenvalue weighted by Crippen LogP contribution is 2.42. The van der Waals surface area contributed by atoms with E-state index in [1.165, 1.54) is 30.9 Å². The Bertz CT molecular complexity index is 753. The highest BCUT2D eigenvalue weighted by Gasteiger charge is 2.26. The average molecular weight is 432 g/mol. The van der Waals surface area contributed by atoms with Crippen molar-refractivity contribution in [3.8, 4) is 0 Å². The zero-order chi connectivity index (χ0) is 17.6. The van der Waals surface area contributed by atoms with Gasteiger partial charge in [-0.1, -0.05) is 17.7 Å². The summed E-state index contributed by atoms with van der Waals surface area (Å²) in [6.45, 7) is 3.67. The summed E-state index contributed by atoms with van der Waals surface area (Å²) in [6.07, 6.45) is 4.41. The Labute approximate surface area is 177 Å². The van der Waals surface area contributed by atoms with Gasteiger partial charge < -0.3 is 16.0 Å². The lowest BCUT2D eigenvalue weighted by molar-refractivity contribution is -0.118. The van der Waals surface area contributed by atoms with Gasteiger partial charge in [0.2, 0.25) is 5.91 Å². The third-order valence-corrected chi connectivity index (χ3v) is 4.36. The maximum atomic E-state index is 10.9. The Balaban J connectivity index is 0.00000182. The number of nitrogens with zero attached hydrogens (tertiary/aromatic N) is 1. The lowest BCUT2D eigenvalue weighted by atomic mass is 10.1. The molecule has 5 nitrogen and oxygen atoms in total. The summed E-state index contributed by atoms with van der Waals surface area (Å²) >= 11 is 6.04. The van der Waals surface area contributed by atoms with E-state index in [-0.39, 0.29) is 30.7 Å². The van der Waals surface area contributed by atoms with Gasteiger partial charge in [0.05, 0.1) is 0 Å². The van der Waals surface area contributed by atoms with Gasteiger partial charge in [0, 0.05) is 43.5 Å². The van der Waals surface area contributed by atoms with E-state index in [0.717, 1.165) is 24.6 Å². The largest absolute Gasteiger partial charge is 0.355 e. The van der Waals surface area contributed by atoms with E-state index >= 15 is 0 Å². The molecule has 0 atom stereocenters. The minimum Gasteiger partial charge on any atom is -0.355 e. The summed E-state index contributed by atoms with van der Waals surface area (Å²) in [5.74, 6) is 1.47. The van der Waals surface area contributed by atoms with Crippen LogP contribution in [0.25, 0.3) is 0 Å². The third kappa shape index (κ3) is 7.54. The number of hydrogen-bond donors (Lipinski definition) is 3. The van der Waals surface area contributed by atoms with Crippen LogP contribution in [0.3, 0.4) is 0 Å². The van der Waals surface area contributed by atoms with Crippen molar-refractivity contribution in [1.29, 1.82) is 0 Å². The maximum absolute atomic E-state index is 10.9. The summed E-state index contributed by atoms with van der Waals surface area (Å²) in [6, 6.07) is 9.77. The van der Waals surface area contributed by atoms with Crippen LogP contribution in [0, 0.1) is 0 Å². The Morgan fingerprint density at radius 2 is 2.00 bits per heavy atom. The number of rotatable bonds is 8. The zero-order valence-electron chi connectivity index (χ0n) is 15.1. The minimum atomic E-state index is -0.00132. The molecule has 27 heavy (non-hydrogen) atoms. The number of carbonyl (C=O) groups excluding carboxylic acids is 1. The highest BCUT2D eigenvalue weighted by atomic mass is 35.5. The maximum Gasteiger partial charge on any atom is 0.216 e. The van der Waals surface area contributed by atoms with Crippen LogP contribution in [0.4, 0.5) is 11.5 Å². The fourth-order valence-corrected chi connectivity index (χ4v) is 2.94. The topological polar surface area (TPSA) is 66.0 Å². The number of amides is 1. The summed E-state index contributed by atoms with van der Waals surface area (Å²) in [7, 11) is 0. The van der Waals surface area contributed by atoms with Crippen molar-refractivity contribution in [2.45, 2.75) is 32.2 Å². The standard InChI is InChI=1S/C19H23ClN4O.2ClH/c1-13(25)22-8-7-21-11-15-12-23-19(10-18(15)14-5-6-14)24-17-4-2-3-16(20)9-17;;/h2-4,9-10,12,14,21H,5-8,11H2,1H3,(H,22,25)(H,23,24);2*1H. The molecule has 1 aliphatic rings. The summed E-state index contributed by atoms with van der Waals surface area (Å²) in [5.41, 5.74) is 3.51. The van der Waals surface area contributed by atoms with E-state index in [9.17, 15) is 4.79 Å². The van der Waals surface area contributed by atoms with Gasteiger partial charge in [0.15, 0.2) is 0 Å². The first-order valence-electron chi connectivity index (χ1n) is 8.58. The van der Waals surface area contributed by atoms with Crippen molar-refractivity contribution in [2.75, 3.05) is 18.4 Å². The quantitative estimate of drug-likeness (QED) is 0.541. The Morgan fingerprint density at radius 3 is 2.67 bits per heavy atom. The normalized spacial score (nSPS) is 12.5. The molecule has 0 saturated heterocycles. The second kappa shape index (κ2) is 11.3. The fraction of sp³-hybridized carbons (Fsp3) is 0.368. The predicted octanol–water partition coefficient (Wildman–Crippen LogP) is 4.43. The van der Waals surface area contributed by atoms with Crippen molar-refractivity contribution >= 4 is 53.8 Å². The highest BCUT2D eigenvalue weighted by molar-refractivity contribution is 6.30. The summed E-state index contributed by atoms with van der Waals surface area (Å²) in [5, 5.41) is 10.2. The van der Waals surface area contributed by atoms with E-state index in [4.69, 9.17) is 11.6 Å².